The van der Waals surface area contributed by atoms with E-state index in [1.165, 1.54) is 12.8 Å². The van der Waals surface area contributed by atoms with E-state index >= 15 is 0 Å². The number of rotatable bonds is 3. The van der Waals surface area contributed by atoms with E-state index in [0.717, 1.165) is 48.4 Å². The molecule has 5 nitrogen and oxygen atoms in total. The van der Waals surface area contributed by atoms with Crippen molar-refractivity contribution in [2.75, 3.05) is 0 Å². The normalized spacial score (nSPS) is 29.9. The molecule has 0 radical (unpaired) electrons. The molecule has 0 saturated carbocycles. The Bertz CT molecular complexity index is 772. The quantitative estimate of drug-likeness (QED) is 0.513. The van der Waals surface area contributed by atoms with Crippen LogP contribution in [-0.4, -0.2) is 34.4 Å². The predicted molar refractivity (Wildman–Crippen MR) is 122 cm³/mol. The molecule has 2 aliphatic rings. The number of cyclic esters (lactones) is 1. The summed E-state index contributed by atoms with van der Waals surface area (Å²) in [5, 5.41) is 6.78. The standard InChI is InChI=1S/C24H36N2O3S/c1-4-24-15-21(17(2)14-19-16-30-18(3)25-19)29-23(28)13-9-11-20(27)10-7-5-6-8-12-22(24)26-24/h14,16,21-22,26H,4-13,15H2,1-3H3. The van der Waals surface area contributed by atoms with E-state index < -0.39 is 0 Å². The number of ketones is 1. The maximum atomic E-state index is 12.6. The first-order chi connectivity index (χ1) is 14.4. The SMILES string of the molecule is CCC12CC(C(C)=Cc3csc(C)n3)OC(=O)CCCC(=O)CCCCCCC1N2. The molecular formula is C24H36N2O3S. The number of fused-ring (bicyclic) bond motifs is 1. The monoisotopic (exact) mass is 432 g/mol. The number of ether oxygens (including phenoxy) is 1. The van der Waals surface area contributed by atoms with Gasteiger partial charge in [0.25, 0.3) is 0 Å². The molecule has 3 heterocycles. The molecule has 0 spiro atoms. The van der Waals surface area contributed by atoms with E-state index in [-0.39, 0.29) is 23.4 Å². The molecule has 166 valence electrons. The lowest BCUT2D eigenvalue weighted by Gasteiger charge is -2.24. The molecular weight excluding hydrogens is 396 g/mol. The molecule has 3 unspecified atom stereocenters. The van der Waals surface area contributed by atoms with E-state index in [1.54, 1.807) is 11.3 Å². The molecule has 30 heavy (non-hydrogen) atoms. The van der Waals surface area contributed by atoms with Crippen LogP contribution in [0.3, 0.4) is 0 Å². The number of aromatic nitrogens is 1. The number of thiazole rings is 1. The minimum absolute atomic E-state index is 0.0606. The lowest BCUT2D eigenvalue weighted by atomic mass is 9.89. The van der Waals surface area contributed by atoms with Crippen LogP contribution in [-0.2, 0) is 14.3 Å². The first-order valence-corrected chi connectivity index (χ1v) is 12.4. The van der Waals surface area contributed by atoms with Crippen molar-refractivity contribution in [3.63, 3.8) is 0 Å². The minimum atomic E-state index is -0.263. The second kappa shape index (κ2) is 10.7. The Hall–Kier alpha value is -1.53. The van der Waals surface area contributed by atoms with Gasteiger partial charge < -0.3 is 10.1 Å². The summed E-state index contributed by atoms with van der Waals surface area (Å²) in [6.07, 6.45) is 11.2. The average molecular weight is 433 g/mol. The molecule has 1 aromatic rings. The molecule has 2 saturated heterocycles. The number of carbonyl (C=O) groups excluding carboxylic acids is 2. The molecule has 0 amide bonds. The van der Waals surface area contributed by atoms with Gasteiger partial charge in [0.2, 0.25) is 0 Å². The summed E-state index contributed by atoms with van der Waals surface area (Å²) < 4.78 is 5.97. The van der Waals surface area contributed by atoms with Gasteiger partial charge in [-0.25, -0.2) is 4.98 Å². The van der Waals surface area contributed by atoms with Gasteiger partial charge in [-0.3, -0.25) is 9.59 Å². The Morgan fingerprint density at radius 2 is 2.00 bits per heavy atom. The molecule has 1 aromatic heterocycles. The second-order valence-corrected chi connectivity index (χ2v) is 9.98. The summed E-state index contributed by atoms with van der Waals surface area (Å²) in [7, 11) is 0. The van der Waals surface area contributed by atoms with Crippen LogP contribution >= 0.6 is 11.3 Å². The van der Waals surface area contributed by atoms with E-state index in [0.29, 0.717) is 31.7 Å². The van der Waals surface area contributed by atoms with Gasteiger partial charge in [-0.15, -0.1) is 11.3 Å². The number of nitrogens with one attached hydrogen (secondary N) is 1. The highest BCUT2D eigenvalue weighted by Crippen LogP contribution is 2.40. The second-order valence-electron chi connectivity index (χ2n) is 8.91. The maximum absolute atomic E-state index is 12.6. The van der Waals surface area contributed by atoms with E-state index in [2.05, 4.69) is 17.2 Å². The van der Waals surface area contributed by atoms with Crippen LogP contribution in [0.15, 0.2) is 11.0 Å². The summed E-state index contributed by atoms with van der Waals surface area (Å²) in [4.78, 5) is 29.1. The highest BCUT2D eigenvalue weighted by atomic mass is 32.1. The summed E-state index contributed by atoms with van der Waals surface area (Å²) in [6, 6.07) is 0.493. The molecule has 3 atom stereocenters. The smallest absolute Gasteiger partial charge is 0.306 e. The minimum Gasteiger partial charge on any atom is -0.458 e. The topological polar surface area (TPSA) is 78.2 Å². The molecule has 6 heteroatoms. The fraction of sp³-hybridized carbons (Fsp3) is 0.708. The van der Waals surface area contributed by atoms with Gasteiger partial charge in [-0.1, -0.05) is 26.2 Å². The Balaban J connectivity index is 1.74. The average Bonchev–Trinajstić information content (AvgIpc) is 3.24. The Kier molecular flexibility index (Phi) is 8.23. The van der Waals surface area contributed by atoms with Crippen molar-refractivity contribution in [2.45, 2.75) is 109 Å². The van der Waals surface area contributed by atoms with Gasteiger partial charge in [0.05, 0.1) is 10.7 Å². The lowest BCUT2D eigenvalue weighted by molar-refractivity contribution is -0.148. The highest BCUT2D eigenvalue weighted by Gasteiger charge is 2.52. The highest BCUT2D eigenvalue weighted by molar-refractivity contribution is 7.09. The molecule has 0 aromatic carbocycles. The van der Waals surface area contributed by atoms with Crippen molar-refractivity contribution in [3.8, 4) is 0 Å². The summed E-state index contributed by atoms with van der Waals surface area (Å²) in [6.45, 7) is 6.25. The summed E-state index contributed by atoms with van der Waals surface area (Å²) in [5.41, 5.74) is 2.02. The van der Waals surface area contributed by atoms with Crippen LogP contribution in [0.4, 0.5) is 0 Å². The molecule has 2 aliphatic heterocycles. The fourth-order valence-corrected chi connectivity index (χ4v) is 5.11. The number of hydrogen-bond acceptors (Lipinski definition) is 6. The van der Waals surface area contributed by atoms with Crippen molar-refractivity contribution in [1.82, 2.24) is 10.3 Å². The van der Waals surface area contributed by atoms with Crippen molar-refractivity contribution in [3.05, 3.63) is 21.7 Å². The number of aryl methyl sites for hydroxylation is 1. The third-order valence-electron chi connectivity index (χ3n) is 6.55. The molecule has 3 rings (SSSR count). The van der Waals surface area contributed by atoms with Crippen LogP contribution in [0, 0.1) is 6.92 Å². The molecule has 1 N–H and O–H groups in total. The third kappa shape index (κ3) is 6.48. The largest absolute Gasteiger partial charge is 0.458 e. The maximum Gasteiger partial charge on any atom is 0.306 e. The molecule has 0 bridgehead atoms. The van der Waals surface area contributed by atoms with Crippen LogP contribution in [0.25, 0.3) is 6.08 Å². The van der Waals surface area contributed by atoms with Crippen LogP contribution in [0.2, 0.25) is 0 Å². The zero-order valence-corrected chi connectivity index (χ0v) is 19.5. The Morgan fingerprint density at radius 3 is 2.73 bits per heavy atom. The lowest BCUT2D eigenvalue weighted by Crippen LogP contribution is -2.29. The summed E-state index contributed by atoms with van der Waals surface area (Å²) in [5.74, 6) is 0.0702. The fourth-order valence-electron chi connectivity index (χ4n) is 4.54. The first-order valence-electron chi connectivity index (χ1n) is 11.5. The van der Waals surface area contributed by atoms with Crippen LogP contribution in [0.5, 0.6) is 0 Å². The number of hydrogen-bond donors (Lipinski definition) is 1. The number of carbonyl (C=O) groups is 2. The van der Waals surface area contributed by atoms with Gasteiger partial charge >= 0.3 is 5.97 Å². The van der Waals surface area contributed by atoms with Crippen LogP contribution in [0.1, 0.15) is 95.2 Å². The van der Waals surface area contributed by atoms with E-state index in [4.69, 9.17) is 4.74 Å². The van der Waals surface area contributed by atoms with Gasteiger partial charge in [-0.2, -0.15) is 0 Å². The number of Topliss-reactive ketones (excluding diaryl/α,β-unsaturated/α-hetero) is 1. The summed E-state index contributed by atoms with van der Waals surface area (Å²) >= 11 is 1.63. The molecule has 0 aliphatic carbocycles. The Labute approximate surface area is 184 Å². The van der Waals surface area contributed by atoms with E-state index in [9.17, 15) is 9.59 Å². The van der Waals surface area contributed by atoms with Gasteiger partial charge in [-0.05, 0) is 51.2 Å². The Morgan fingerprint density at radius 1 is 1.23 bits per heavy atom. The molecule has 2 fully saturated rings. The number of nitrogens with zero attached hydrogens (tertiary/aromatic N) is 1. The first kappa shape index (κ1) is 23.1. The van der Waals surface area contributed by atoms with Gasteiger partial charge in [0.15, 0.2) is 0 Å². The van der Waals surface area contributed by atoms with Crippen LogP contribution < -0.4 is 5.32 Å². The third-order valence-corrected chi connectivity index (χ3v) is 7.35. The van der Waals surface area contributed by atoms with Crippen molar-refractivity contribution in [1.29, 1.82) is 0 Å². The van der Waals surface area contributed by atoms with Crippen molar-refractivity contribution < 1.29 is 14.3 Å². The van der Waals surface area contributed by atoms with Crippen molar-refractivity contribution >= 4 is 29.2 Å². The zero-order chi connectivity index (χ0) is 21.6. The van der Waals surface area contributed by atoms with Gasteiger partial charge in [0.1, 0.15) is 11.9 Å². The van der Waals surface area contributed by atoms with Crippen molar-refractivity contribution in [2.24, 2.45) is 0 Å². The van der Waals surface area contributed by atoms with Gasteiger partial charge in [0, 0.05) is 42.6 Å². The number of esters is 1. The predicted octanol–water partition coefficient (Wildman–Crippen LogP) is 5.37. The van der Waals surface area contributed by atoms with E-state index in [1.807, 2.05) is 25.3 Å². The zero-order valence-electron chi connectivity index (χ0n) is 18.7.